The molecule has 66 heavy (non-hydrogen) atoms. The van der Waals surface area contributed by atoms with Crippen LogP contribution in [0.4, 0.5) is 4.39 Å². The molecule has 1 spiro atoms. The zero-order chi connectivity index (χ0) is 46.4. The summed E-state index contributed by atoms with van der Waals surface area (Å²) in [7, 11) is 0. The van der Waals surface area contributed by atoms with Crippen LogP contribution in [0.2, 0.25) is 0 Å². The van der Waals surface area contributed by atoms with Gasteiger partial charge < -0.3 is 14.2 Å². The lowest BCUT2D eigenvalue weighted by molar-refractivity contribution is -0.171. The molecule has 1 saturated carbocycles. The molecule has 1 atom stereocenters. The highest BCUT2D eigenvalue weighted by atomic mass is 19.1. The maximum atomic E-state index is 13.8. The number of halogens is 1. The first-order valence-corrected chi connectivity index (χ1v) is 30.4. The van der Waals surface area contributed by atoms with E-state index in [0.29, 0.717) is 12.5 Å². The lowest BCUT2D eigenvalue weighted by Crippen LogP contribution is -2.31. The number of rotatable bonds is 4. The molecule has 2 fully saturated rings. The van der Waals surface area contributed by atoms with Crippen LogP contribution in [-0.2, 0) is 20.8 Å². The van der Waals surface area contributed by atoms with Gasteiger partial charge in [-0.05, 0) is 42.9 Å². The second kappa shape index (κ2) is 45.2. The third kappa shape index (κ3) is 36.0. The summed E-state index contributed by atoms with van der Waals surface area (Å²) in [6, 6.07) is 6.87. The van der Waals surface area contributed by atoms with Crippen LogP contribution < -0.4 is 0 Å². The number of ether oxygens (including phenoxy) is 3. The molecule has 2 aliphatic rings. The molecule has 3 rings (SSSR count). The Balaban J connectivity index is 1.29. The van der Waals surface area contributed by atoms with Crippen molar-refractivity contribution in [1.82, 2.24) is 0 Å². The highest BCUT2D eigenvalue weighted by Gasteiger charge is 2.36. The van der Waals surface area contributed by atoms with E-state index in [2.05, 4.69) is 0 Å². The minimum Gasteiger partial charge on any atom is -0.376 e. The zero-order valence-electron chi connectivity index (χ0n) is 44.2. The van der Waals surface area contributed by atoms with Gasteiger partial charge in [-0.2, -0.15) is 0 Å². The van der Waals surface area contributed by atoms with Crippen molar-refractivity contribution in [3.8, 4) is 0 Å². The molecule has 1 unspecified atom stereocenters. The van der Waals surface area contributed by atoms with Crippen molar-refractivity contribution < 1.29 is 18.6 Å². The highest BCUT2D eigenvalue weighted by Crippen LogP contribution is 2.34. The average Bonchev–Trinajstić information content (AvgIpc) is 3.80. The van der Waals surface area contributed by atoms with Gasteiger partial charge in [-0.3, -0.25) is 0 Å². The van der Waals surface area contributed by atoms with E-state index in [-0.39, 0.29) is 5.82 Å². The zero-order valence-corrected chi connectivity index (χ0v) is 44.2. The highest BCUT2D eigenvalue weighted by molar-refractivity contribution is 5.15. The van der Waals surface area contributed by atoms with Crippen LogP contribution in [0, 0.1) is 11.7 Å². The largest absolute Gasteiger partial charge is 0.376 e. The molecule has 1 saturated heterocycles. The second-order valence-electron chi connectivity index (χ2n) is 22.0. The van der Waals surface area contributed by atoms with Crippen LogP contribution in [0.25, 0.3) is 0 Å². The molecule has 0 amide bonds. The van der Waals surface area contributed by atoms with Crippen molar-refractivity contribution in [2.45, 2.75) is 333 Å². The number of hydrogen-bond donors (Lipinski definition) is 0. The molecule has 0 radical (unpaired) electrons. The molecule has 1 aromatic carbocycles. The Bertz CT molecular complexity index is 1130. The topological polar surface area (TPSA) is 27.7 Å². The summed E-state index contributed by atoms with van der Waals surface area (Å²) in [6.45, 7) is 2.65. The normalized spacial score (nSPS) is 24.3. The quantitative estimate of drug-likeness (QED) is 0.301. The van der Waals surface area contributed by atoms with Crippen molar-refractivity contribution in [3.05, 3.63) is 35.6 Å². The van der Waals surface area contributed by atoms with Gasteiger partial charge in [0.2, 0.25) is 0 Å². The van der Waals surface area contributed by atoms with Crippen molar-refractivity contribution >= 4 is 0 Å². The van der Waals surface area contributed by atoms with Crippen LogP contribution in [-0.4, -0.2) is 25.6 Å². The monoisotopic (exact) mass is 925 g/mol. The third-order valence-corrected chi connectivity index (χ3v) is 15.7. The summed E-state index contributed by atoms with van der Waals surface area (Å²) in [6.07, 6.45) is 70.2. The maximum Gasteiger partial charge on any atom is 0.168 e. The summed E-state index contributed by atoms with van der Waals surface area (Å²) >= 11 is 0. The lowest BCUT2D eigenvalue weighted by Gasteiger charge is -2.29. The van der Waals surface area contributed by atoms with Gasteiger partial charge in [-0.25, -0.2) is 4.39 Å². The molecule has 0 aromatic heterocycles. The van der Waals surface area contributed by atoms with E-state index >= 15 is 0 Å². The van der Waals surface area contributed by atoms with E-state index in [0.717, 1.165) is 44.6 Å². The Morgan fingerprint density at radius 1 is 0.379 bits per heavy atom. The Morgan fingerprint density at radius 2 is 0.682 bits per heavy atom. The van der Waals surface area contributed by atoms with Crippen LogP contribution in [0.15, 0.2) is 24.3 Å². The first-order valence-electron chi connectivity index (χ1n) is 30.4. The van der Waals surface area contributed by atoms with Crippen molar-refractivity contribution in [2.24, 2.45) is 5.92 Å². The van der Waals surface area contributed by atoms with Gasteiger partial charge in [0.25, 0.3) is 0 Å². The molecule has 1 aliphatic heterocycles. The molecular weight excluding hydrogens is 812 g/mol. The third-order valence-electron chi connectivity index (χ3n) is 15.7. The van der Waals surface area contributed by atoms with Gasteiger partial charge in [0.15, 0.2) is 5.79 Å². The molecule has 1 heterocycles. The molecule has 3 nitrogen and oxygen atoms in total. The SMILES string of the molecule is Fc1cccc(COCC2CCCCCCCCCCCCCCCCCCCCCCCCCCCCCCCCCCCCCCCCCCCCCCCCC3(CC2)OCCO3)c1. The Hall–Kier alpha value is -0.970. The summed E-state index contributed by atoms with van der Waals surface area (Å²) in [5.41, 5.74) is 0.920. The molecule has 4 heteroatoms. The van der Waals surface area contributed by atoms with E-state index in [4.69, 9.17) is 14.2 Å². The molecule has 0 N–H and O–H groups in total. The van der Waals surface area contributed by atoms with Gasteiger partial charge in [0.05, 0.1) is 19.8 Å². The minimum atomic E-state index is -0.400. The van der Waals surface area contributed by atoms with Crippen molar-refractivity contribution in [3.63, 3.8) is 0 Å². The van der Waals surface area contributed by atoms with Gasteiger partial charge in [-0.1, -0.05) is 301 Å². The van der Waals surface area contributed by atoms with Gasteiger partial charge in [0.1, 0.15) is 5.82 Å². The van der Waals surface area contributed by atoms with Crippen LogP contribution in [0.3, 0.4) is 0 Å². The molecule has 1 aromatic rings. The fourth-order valence-electron chi connectivity index (χ4n) is 11.2. The summed E-state index contributed by atoms with van der Waals surface area (Å²) in [5.74, 6) is -0.0987. The molecular formula is C62H113FO3. The molecule has 1 aliphatic carbocycles. The van der Waals surface area contributed by atoms with Crippen molar-refractivity contribution in [1.29, 1.82) is 0 Å². The lowest BCUT2D eigenvalue weighted by atomic mass is 9.92. The minimum absolute atomic E-state index is 0.184. The summed E-state index contributed by atoms with van der Waals surface area (Å²) in [5, 5.41) is 0. The van der Waals surface area contributed by atoms with E-state index < -0.39 is 5.79 Å². The van der Waals surface area contributed by atoms with Crippen molar-refractivity contribution in [2.75, 3.05) is 19.8 Å². The molecule has 386 valence electrons. The second-order valence-corrected chi connectivity index (χ2v) is 22.0. The Morgan fingerprint density at radius 3 is 1.00 bits per heavy atom. The van der Waals surface area contributed by atoms with Crippen LogP contribution in [0.1, 0.15) is 327 Å². The first-order chi connectivity index (χ1) is 32.8. The van der Waals surface area contributed by atoms with Gasteiger partial charge in [-0.15, -0.1) is 0 Å². The maximum absolute atomic E-state index is 13.8. The van der Waals surface area contributed by atoms with Gasteiger partial charge >= 0.3 is 0 Å². The number of benzene rings is 1. The Kier molecular flexibility index (Phi) is 40.6. The molecule has 0 bridgehead atoms. The smallest absolute Gasteiger partial charge is 0.168 e. The summed E-state index contributed by atoms with van der Waals surface area (Å²) in [4.78, 5) is 0. The average molecular weight is 926 g/mol. The van der Waals surface area contributed by atoms with Crippen LogP contribution in [0.5, 0.6) is 0 Å². The predicted octanol–water partition coefficient (Wildman–Crippen LogP) is 21.2. The van der Waals surface area contributed by atoms with Crippen LogP contribution >= 0.6 is 0 Å². The summed E-state index contributed by atoms with van der Waals surface area (Å²) < 4.78 is 32.8. The standard InChI is InChI=1S/C62H113FO3/c63-61-50-47-49-60(56-61)58-64-57-59-48-45-43-41-39-37-35-33-31-29-27-25-23-21-19-17-15-13-11-9-7-5-3-1-2-4-6-8-10-12-14-16-18-20-22-24-26-28-30-32-34-36-38-40-42-44-46-52-62(53-51-59)65-54-55-66-62/h47,49-50,56,59H,1-46,48,51-55,57-58H2. The number of hydrogen-bond acceptors (Lipinski definition) is 3. The fourth-order valence-corrected chi connectivity index (χ4v) is 11.2. The predicted molar refractivity (Wildman–Crippen MR) is 285 cm³/mol. The van der Waals surface area contributed by atoms with E-state index in [1.54, 1.807) is 12.1 Å². The first kappa shape index (κ1) is 59.3. The van der Waals surface area contributed by atoms with E-state index in [9.17, 15) is 4.39 Å². The van der Waals surface area contributed by atoms with Gasteiger partial charge in [0, 0.05) is 19.4 Å². The van der Waals surface area contributed by atoms with E-state index in [1.807, 2.05) is 6.07 Å². The Labute approximate surface area is 411 Å². The fraction of sp³-hybridized carbons (Fsp3) is 0.903. The van der Waals surface area contributed by atoms with E-state index in [1.165, 1.54) is 308 Å².